The number of halogens is 5. The van der Waals surface area contributed by atoms with E-state index in [9.17, 15) is 26.7 Å². The lowest BCUT2D eigenvalue weighted by atomic mass is 10.1. The van der Waals surface area contributed by atoms with Crippen molar-refractivity contribution in [3.63, 3.8) is 0 Å². The molecule has 0 bridgehead atoms. The molecule has 2 rings (SSSR count). The maximum absolute atomic E-state index is 13.2. The average Bonchev–Trinajstić information content (AvgIpc) is 3.28. The van der Waals surface area contributed by atoms with Crippen molar-refractivity contribution in [1.82, 2.24) is 4.98 Å². The molecule has 1 saturated carbocycles. The Bertz CT molecular complexity index is 563. The Hall–Kier alpha value is -1.93. The number of nitrogens with zero attached hydrogens (tertiary/aromatic N) is 1. The lowest BCUT2D eigenvalue weighted by Crippen LogP contribution is -2.41. The summed E-state index contributed by atoms with van der Waals surface area (Å²) in [5.41, 5.74) is -0.0263. The van der Waals surface area contributed by atoms with E-state index in [0.29, 0.717) is 5.56 Å². The summed E-state index contributed by atoms with van der Waals surface area (Å²) in [5.74, 6) is -6.19. The van der Waals surface area contributed by atoms with Gasteiger partial charge in [0.25, 0.3) is 6.43 Å². The van der Waals surface area contributed by atoms with Crippen molar-refractivity contribution in [1.29, 1.82) is 0 Å². The third-order valence-corrected chi connectivity index (χ3v) is 3.15. The van der Waals surface area contributed by atoms with Crippen LogP contribution in [0.1, 0.15) is 34.8 Å². The lowest BCUT2D eigenvalue weighted by molar-refractivity contribution is -0.145. The third kappa shape index (κ3) is 3.63. The van der Waals surface area contributed by atoms with Crippen LogP contribution in [0, 0.1) is 0 Å². The van der Waals surface area contributed by atoms with Gasteiger partial charge in [-0.05, 0) is 24.8 Å². The zero-order valence-electron chi connectivity index (χ0n) is 11.1. The molecule has 0 radical (unpaired) electrons. The minimum atomic E-state index is -4.41. The van der Waals surface area contributed by atoms with E-state index in [0.717, 1.165) is 12.8 Å². The van der Waals surface area contributed by atoms with Gasteiger partial charge >= 0.3 is 11.9 Å². The van der Waals surface area contributed by atoms with Crippen molar-refractivity contribution >= 4 is 5.97 Å². The number of alkyl halides is 5. The monoisotopic (exact) mass is 325 g/mol. The van der Waals surface area contributed by atoms with E-state index in [1.807, 2.05) is 0 Å². The second-order valence-corrected chi connectivity index (χ2v) is 4.96. The first kappa shape index (κ1) is 16.4. The fourth-order valence-corrected chi connectivity index (χ4v) is 1.82. The van der Waals surface area contributed by atoms with Crippen LogP contribution in [0.2, 0.25) is 0 Å². The van der Waals surface area contributed by atoms with Gasteiger partial charge in [-0.3, -0.25) is 0 Å². The fourth-order valence-electron chi connectivity index (χ4n) is 1.82. The number of aromatic nitrogens is 1. The average molecular weight is 325 g/mol. The smallest absolute Gasteiger partial charge is 0.354 e. The van der Waals surface area contributed by atoms with Crippen LogP contribution in [0.5, 0.6) is 5.88 Å². The third-order valence-electron chi connectivity index (χ3n) is 3.15. The number of hydrogen-bond donors (Lipinski definition) is 1. The fraction of sp³-hybridized carbons (Fsp3) is 0.538. The highest BCUT2D eigenvalue weighted by Crippen LogP contribution is 2.44. The Labute approximate surface area is 121 Å². The van der Waals surface area contributed by atoms with Crippen LogP contribution >= 0.6 is 0 Å². The van der Waals surface area contributed by atoms with Crippen LogP contribution in [0.4, 0.5) is 22.0 Å². The minimum absolute atomic E-state index is 0.00441. The molecular formula is C13H12F5NO3. The highest BCUT2D eigenvalue weighted by molar-refractivity contribution is 5.85. The number of carbonyl (C=O) groups is 1. The van der Waals surface area contributed by atoms with E-state index in [1.165, 1.54) is 12.1 Å². The molecule has 1 aromatic rings. The summed E-state index contributed by atoms with van der Waals surface area (Å²) in [6.07, 6.45) is -6.01. The summed E-state index contributed by atoms with van der Waals surface area (Å²) in [6, 6.07) is 2.57. The molecule has 1 aliphatic carbocycles. The molecule has 1 N–H and O–H groups in total. The van der Waals surface area contributed by atoms with Crippen LogP contribution in [-0.2, 0) is 0 Å². The molecule has 0 spiro atoms. The molecule has 1 heterocycles. The normalized spacial score (nSPS) is 16.6. The molecule has 1 fully saturated rings. The first-order valence-electron chi connectivity index (χ1n) is 6.39. The number of hydrogen-bond acceptors (Lipinski definition) is 3. The molecule has 1 aliphatic rings. The number of pyridine rings is 1. The summed E-state index contributed by atoms with van der Waals surface area (Å²) >= 11 is 0. The molecule has 122 valence electrons. The second-order valence-electron chi connectivity index (χ2n) is 4.96. The Balaban J connectivity index is 2.17. The van der Waals surface area contributed by atoms with Crippen molar-refractivity contribution in [2.75, 3.05) is 6.61 Å². The molecule has 0 amide bonds. The molecule has 1 atom stereocenters. The molecule has 0 aliphatic heterocycles. The van der Waals surface area contributed by atoms with E-state index in [2.05, 4.69) is 9.72 Å². The molecule has 1 aromatic heterocycles. The van der Waals surface area contributed by atoms with Gasteiger partial charge in [-0.2, -0.15) is 8.78 Å². The van der Waals surface area contributed by atoms with E-state index < -0.39 is 36.8 Å². The second kappa shape index (κ2) is 6.05. The molecule has 0 saturated heterocycles. The summed E-state index contributed by atoms with van der Waals surface area (Å²) < 4.78 is 68.0. The van der Waals surface area contributed by atoms with Gasteiger partial charge in [0.1, 0.15) is 0 Å². The highest BCUT2D eigenvalue weighted by atomic mass is 19.3. The Morgan fingerprint density at radius 2 is 2.00 bits per heavy atom. The van der Waals surface area contributed by atoms with Gasteiger partial charge in [0.2, 0.25) is 12.1 Å². The summed E-state index contributed by atoms with van der Waals surface area (Å²) in [4.78, 5) is 14.4. The Kier molecular flexibility index (Phi) is 4.52. The zero-order chi connectivity index (χ0) is 16.5. The molecule has 22 heavy (non-hydrogen) atoms. The predicted molar refractivity (Wildman–Crippen MR) is 64.5 cm³/mol. The van der Waals surface area contributed by atoms with Gasteiger partial charge in [0.15, 0.2) is 12.3 Å². The number of carboxylic acids is 1. The predicted octanol–water partition coefficient (Wildman–Crippen LogP) is 3.27. The number of carboxylic acid groups (broad SMARTS) is 1. The van der Waals surface area contributed by atoms with Crippen LogP contribution in [0.15, 0.2) is 12.1 Å². The van der Waals surface area contributed by atoms with Gasteiger partial charge in [-0.15, -0.1) is 0 Å². The van der Waals surface area contributed by atoms with Crippen molar-refractivity contribution in [2.24, 2.45) is 0 Å². The van der Waals surface area contributed by atoms with Crippen LogP contribution < -0.4 is 4.74 Å². The summed E-state index contributed by atoms with van der Waals surface area (Å²) in [6.45, 7) is -1.64. The van der Waals surface area contributed by atoms with E-state index in [4.69, 9.17) is 5.11 Å². The van der Waals surface area contributed by atoms with E-state index in [-0.39, 0.29) is 11.8 Å². The Morgan fingerprint density at radius 1 is 1.36 bits per heavy atom. The van der Waals surface area contributed by atoms with Crippen molar-refractivity contribution < 1.29 is 36.6 Å². The standard InChI is InChI=1S/C13H12F5NO3/c14-9(10(15)16)13(17,18)5-22-11-7(6-1-2-6)3-4-8(19-11)12(20)21/h3-4,6,9-10H,1-2,5H2,(H,20,21). The van der Waals surface area contributed by atoms with Gasteiger partial charge in [0, 0.05) is 5.56 Å². The zero-order valence-corrected chi connectivity index (χ0v) is 11.1. The summed E-state index contributed by atoms with van der Waals surface area (Å²) in [7, 11) is 0. The van der Waals surface area contributed by atoms with Gasteiger partial charge in [0.05, 0.1) is 0 Å². The van der Waals surface area contributed by atoms with Crippen LogP contribution in [0.25, 0.3) is 0 Å². The number of ether oxygens (including phenoxy) is 1. The first-order chi connectivity index (χ1) is 10.2. The SMILES string of the molecule is O=C(O)c1ccc(C2CC2)c(OCC(F)(F)C(F)C(F)F)n1. The molecular weight excluding hydrogens is 313 g/mol. The Morgan fingerprint density at radius 3 is 2.50 bits per heavy atom. The van der Waals surface area contributed by atoms with Gasteiger partial charge < -0.3 is 9.84 Å². The summed E-state index contributed by atoms with van der Waals surface area (Å²) in [5, 5.41) is 8.82. The van der Waals surface area contributed by atoms with Crippen molar-refractivity contribution in [3.05, 3.63) is 23.4 Å². The topological polar surface area (TPSA) is 59.4 Å². The highest BCUT2D eigenvalue weighted by Gasteiger charge is 2.47. The van der Waals surface area contributed by atoms with E-state index in [1.54, 1.807) is 0 Å². The van der Waals surface area contributed by atoms with Crippen molar-refractivity contribution in [3.8, 4) is 5.88 Å². The van der Waals surface area contributed by atoms with Crippen LogP contribution in [-0.4, -0.2) is 41.2 Å². The maximum Gasteiger partial charge on any atom is 0.354 e. The van der Waals surface area contributed by atoms with Crippen molar-refractivity contribution in [2.45, 2.75) is 37.3 Å². The molecule has 9 heteroatoms. The minimum Gasteiger partial charge on any atom is -0.477 e. The molecule has 0 aromatic carbocycles. The largest absolute Gasteiger partial charge is 0.477 e. The number of aromatic carboxylic acids is 1. The van der Waals surface area contributed by atoms with E-state index >= 15 is 0 Å². The maximum atomic E-state index is 13.2. The quantitative estimate of drug-likeness (QED) is 0.782. The number of rotatable bonds is 7. The van der Waals surface area contributed by atoms with Crippen LogP contribution in [0.3, 0.4) is 0 Å². The lowest BCUT2D eigenvalue weighted by Gasteiger charge is -2.21. The van der Waals surface area contributed by atoms with Gasteiger partial charge in [-0.1, -0.05) is 6.07 Å². The molecule has 1 unspecified atom stereocenters. The molecule has 4 nitrogen and oxygen atoms in total. The first-order valence-corrected chi connectivity index (χ1v) is 6.39. The van der Waals surface area contributed by atoms with Gasteiger partial charge in [-0.25, -0.2) is 22.9 Å².